The number of carbonyl (C=O) groups is 1. The summed E-state index contributed by atoms with van der Waals surface area (Å²) in [5.74, 6) is -2.53. The molecule has 4 nitrogen and oxygen atoms in total. The maximum absolute atomic E-state index is 14.7. The minimum atomic E-state index is -2.97. The fraction of sp³-hybridized carbons (Fsp3) is 0.500. The van der Waals surface area contributed by atoms with Gasteiger partial charge in [-0.2, -0.15) is 0 Å². The Morgan fingerprint density at radius 1 is 1.00 bits per heavy atom. The predicted molar refractivity (Wildman–Crippen MR) is 123 cm³/mol. The molecule has 1 aliphatic heterocycles. The van der Waals surface area contributed by atoms with Gasteiger partial charge in [-0.1, -0.05) is 55.8 Å². The van der Waals surface area contributed by atoms with Crippen molar-refractivity contribution in [2.75, 3.05) is 32.8 Å². The van der Waals surface area contributed by atoms with Crippen molar-refractivity contribution in [3.05, 3.63) is 65.7 Å². The summed E-state index contributed by atoms with van der Waals surface area (Å²) in [7, 11) is 0. The second kappa shape index (κ2) is 12.0. The molecule has 0 aliphatic carbocycles. The summed E-state index contributed by atoms with van der Waals surface area (Å²) in [4.78, 5) is 16.7. The topological polar surface area (TPSA) is 32.8 Å². The summed E-state index contributed by atoms with van der Waals surface area (Å²) in [6.07, 6.45) is 1.86. The van der Waals surface area contributed by atoms with Crippen LogP contribution >= 0.6 is 0 Å². The molecule has 0 aromatic heterocycles. The van der Waals surface area contributed by atoms with Crippen LogP contribution in [0.3, 0.4) is 0 Å². The Balaban J connectivity index is 1.41. The van der Waals surface area contributed by atoms with Gasteiger partial charge in [0.25, 0.3) is 5.92 Å². The summed E-state index contributed by atoms with van der Waals surface area (Å²) in [5.41, 5.74) is 1.21. The molecule has 0 N–H and O–H groups in total. The van der Waals surface area contributed by atoms with Crippen LogP contribution in [0.4, 0.5) is 8.78 Å². The lowest BCUT2D eigenvalue weighted by molar-refractivity contribution is -0.133. The van der Waals surface area contributed by atoms with E-state index in [2.05, 4.69) is 24.0 Å². The highest BCUT2D eigenvalue weighted by Crippen LogP contribution is 2.35. The third kappa shape index (κ3) is 7.30. The van der Waals surface area contributed by atoms with Gasteiger partial charge in [-0.15, -0.1) is 0 Å². The molecule has 0 bridgehead atoms. The van der Waals surface area contributed by atoms with Crippen LogP contribution in [0.1, 0.15) is 50.2 Å². The molecule has 1 fully saturated rings. The Bertz CT molecular complexity index is 837. The number of hydrogen-bond donors (Lipinski definition) is 0. The number of hydrogen-bond acceptors (Lipinski definition) is 3. The van der Waals surface area contributed by atoms with Gasteiger partial charge >= 0.3 is 0 Å². The normalized spacial score (nSPS) is 15.0. The van der Waals surface area contributed by atoms with Gasteiger partial charge in [0.15, 0.2) is 0 Å². The highest BCUT2D eigenvalue weighted by atomic mass is 19.3. The minimum Gasteiger partial charge on any atom is -0.494 e. The monoisotopic (exact) mass is 444 g/mol. The van der Waals surface area contributed by atoms with E-state index < -0.39 is 5.92 Å². The Hall–Kier alpha value is -2.47. The number of rotatable bonds is 11. The lowest BCUT2D eigenvalue weighted by atomic mass is 10.0. The molecule has 0 unspecified atom stereocenters. The van der Waals surface area contributed by atoms with Crippen molar-refractivity contribution in [1.82, 2.24) is 9.80 Å². The van der Waals surface area contributed by atoms with Crippen molar-refractivity contribution in [2.45, 2.75) is 51.5 Å². The van der Waals surface area contributed by atoms with E-state index in [4.69, 9.17) is 4.74 Å². The van der Waals surface area contributed by atoms with Gasteiger partial charge in [0.2, 0.25) is 5.91 Å². The van der Waals surface area contributed by atoms with Gasteiger partial charge in [0, 0.05) is 51.1 Å². The number of benzene rings is 2. The molecular formula is C26H34F2N2O2. The van der Waals surface area contributed by atoms with E-state index in [9.17, 15) is 13.6 Å². The number of unbranched alkanes of at least 4 members (excludes halogenated alkanes) is 1. The van der Waals surface area contributed by atoms with Crippen LogP contribution in [0.5, 0.6) is 5.75 Å². The van der Waals surface area contributed by atoms with Crippen LogP contribution in [-0.4, -0.2) is 48.5 Å². The van der Waals surface area contributed by atoms with E-state index in [0.29, 0.717) is 25.4 Å². The number of nitrogens with zero attached hydrogens (tertiary/aromatic N) is 2. The van der Waals surface area contributed by atoms with Crippen LogP contribution in [0.2, 0.25) is 0 Å². The molecule has 1 amide bonds. The van der Waals surface area contributed by atoms with Gasteiger partial charge in [-0.25, -0.2) is 8.78 Å². The van der Waals surface area contributed by atoms with E-state index in [-0.39, 0.29) is 30.7 Å². The largest absolute Gasteiger partial charge is 0.494 e. The number of amides is 1. The van der Waals surface area contributed by atoms with Gasteiger partial charge in [-0.3, -0.25) is 9.69 Å². The van der Waals surface area contributed by atoms with Crippen LogP contribution in [0.15, 0.2) is 54.6 Å². The Kier molecular flexibility index (Phi) is 9.03. The first-order valence-electron chi connectivity index (χ1n) is 11.6. The Labute approximate surface area is 190 Å². The Morgan fingerprint density at radius 2 is 1.75 bits per heavy atom. The van der Waals surface area contributed by atoms with Crippen molar-refractivity contribution < 1.29 is 18.3 Å². The molecular weight excluding hydrogens is 410 g/mol. The summed E-state index contributed by atoms with van der Waals surface area (Å²) >= 11 is 0. The van der Waals surface area contributed by atoms with Crippen molar-refractivity contribution in [3.8, 4) is 5.75 Å². The zero-order valence-corrected chi connectivity index (χ0v) is 18.9. The molecule has 2 aromatic carbocycles. The predicted octanol–water partition coefficient (Wildman–Crippen LogP) is 5.47. The van der Waals surface area contributed by atoms with Crippen molar-refractivity contribution in [1.29, 1.82) is 0 Å². The molecule has 6 heteroatoms. The molecule has 1 aliphatic rings. The number of halogens is 2. The molecule has 0 radical (unpaired) electrons. The first kappa shape index (κ1) is 24.2. The minimum absolute atomic E-state index is 0.0307. The van der Waals surface area contributed by atoms with Crippen LogP contribution < -0.4 is 4.74 Å². The first-order valence-corrected chi connectivity index (χ1v) is 11.6. The fourth-order valence-electron chi connectivity index (χ4n) is 3.91. The third-order valence-electron chi connectivity index (χ3n) is 5.88. The molecule has 32 heavy (non-hydrogen) atoms. The van der Waals surface area contributed by atoms with Crippen molar-refractivity contribution in [2.24, 2.45) is 0 Å². The van der Waals surface area contributed by atoms with Crippen molar-refractivity contribution >= 4 is 5.91 Å². The molecule has 0 saturated carbocycles. The smallest absolute Gasteiger partial charge is 0.273 e. The summed E-state index contributed by atoms with van der Waals surface area (Å²) in [6.45, 7) is 6.37. The number of alkyl halides is 2. The maximum Gasteiger partial charge on any atom is 0.273 e. The van der Waals surface area contributed by atoms with E-state index in [0.717, 1.165) is 32.5 Å². The lowest BCUT2D eigenvalue weighted by Crippen LogP contribution is -2.48. The van der Waals surface area contributed by atoms with Crippen LogP contribution in [0, 0.1) is 0 Å². The second-order valence-electron chi connectivity index (χ2n) is 8.43. The quantitative estimate of drug-likeness (QED) is 0.431. The SMILES string of the molecule is CCCCOc1cccc(C(F)(F)CCCC(=O)N2CCN(Cc3ccccc3)CC2)c1. The number of piperazine rings is 1. The maximum atomic E-state index is 14.7. The lowest BCUT2D eigenvalue weighted by Gasteiger charge is -2.35. The number of carbonyl (C=O) groups excluding carboxylic acids is 1. The molecule has 3 rings (SSSR count). The summed E-state index contributed by atoms with van der Waals surface area (Å²) < 4.78 is 34.9. The average Bonchev–Trinajstić information content (AvgIpc) is 2.80. The van der Waals surface area contributed by atoms with Crippen LogP contribution in [0.25, 0.3) is 0 Å². The van der Waals surface area contributed by atoms with E-state index in [1.807, 2.05) is 23.1 Å². The van der Waals surface area contributed by atoms with Crippen molar-refractivity contribution in [3.63, 3.8) is 0 Å². The zero-order chi connectivity index (χ0) is 22.8. The van der Waals surface area contributed by atoms with Gasteiger partial charge in [0.1, 0.15) is 5.75 Å². The molecule has 2 aromatic rings. The molecule has 0 atom stereocenters. The van der Waals surface area contributed by atoms with Gasteiger partial charge in [-0.05, 0) is 30.5 Å². The summed E-state index contributed by atoms with van der Waals surface area (Å²) in [6, 6.07) is 16.4. The van der Waals surface area contributed by atoms with Gasteiger partial charge < -0.3 is 9.64 Å². The highest BCUT2D eigenvalue weighted by Gasteiger charge is 2.32. The average molecular weight is 445 g/mol. The van der Waals surface area contributed by atoms with Gasteiger partial charge in [0.05, 0.1) is 6.61 Å². The standard InChI is InChI=1S/C26H34F2N2O2/c1-2-3-19-32-24-12-7-11-23(20-24)26(27,28)14-8-13-25(31)30-17-15-29(16-18-30)21-22-9-5-4-6-10-22/h4-7,9-12,20H,2-3,8,13-19,21H2,1H3. The van der Waals surface area contributed by atoms with Crippen LogP contribution in [-0.2, 0) is 17.3 Å². The molecule has 1 heterocycles. The fourth-order valence-corrected chi connectivity index (χ4v) is 3.91. The van der Waals surface area contributed by atoms with E-state index in [1.54, 1.807) is 12.1 Å². The summed E-state index contributed by atoms with van der Waals surface area (Å²) in [5, 5.41) is 0. The molecule has 174 valence electrons. The Morgan fingerprint density at radius 3 is 2.47 bits per heavy atom. The van der Waals surface area contributed by atoms with E-state index in [1.165, 1.54) is 17.7 Å². The third-order valence-corrected chi connectivity index (χ3v) is 5.88. The highest BCUT2D eigenvalue weighted by molar-refractivity contribution is 5.76. The molecule has 1 saturated heterocycles. The molecule has 0 spiro atoms. The van der Waals surface area contributed by atoms with E-state index >= 15 is 0 Å². The number of ether oxygens (including phenoxy) is 1. The second-order valence-corrected chi connectivity index (χ2v) is 8.43. The first-order chi connectivity index (χ1) is 15.5. The zero-order valence-electron chi connectivity index (χ0n) is 18.9.